The third-order valence-electron chi connectivity index (χ3n) is 1.98. The van der Waals surface area contributed by atoms with Crippen molar-refractivity contribution in [2.45, 2.75) is 19.8 Å². The molecule has 0 atom stereocenters. The highest BCUT2D eigenvalue weighted by atomic mass is 16.4. The Hall–Kier alpha value is -1.99. The number of oxime groups is 2. The lowest BCUT2D eigenvalue weighted by Gasteiger charge is -2.20. The molecule has 92 valence electrons. The van der Waals surface area contributed by atoms with E-state index in [1.807, 2.05) is 0 Å². The molecule has 0 aliphatic heterocycles. The molecule has 0 unspecified atom stereocenters. The Kier molecular flexibility index (Phi) is 6.41. The van der Waals surface area contributed by atoms with E-state index in [4.69, 9.17) is 21.9 Å². The van der Waals surface area contributed by atoms with Crippen LogP contribution in [-0.2, 0) is 4.79 Å². The maximum absolute atomic E-state index is 11.2. The van der Waals surface area contributed by atoms with E-state index in [0.29, 0.717) is 13.1 Å². The van der Waals surface area contributed by atoms with Crippen molar-refractivity contribution in [1.82, 2.24) is 4.90 Å². The van der Waals surface area contributed by atoms with Crippen LogP contribution in [-0.4, -0.2) is 46.0 Å². The predicted octanol–water partition coefficient (Wildman–Crippen LogP) is -0.892. The van der Waals surface area contributed by atoms with Crippen LogP contribution in [0.5, 0.6) is 0 Å². The van der Waals surface area contributed by atoms with Crippen LogP contribution in [0, 0.1) is 0 Å². The molecule has 0 rings (SSSR count). The molecule has 16 heavy (non-hydrogen) atoms. The number of hydrogen-bond donors (Lipinski definition) is 4. The standard InChI is InChI=1S/C8H17N5O3/c1-6(14)13(4-2-7(9)11-15)5-3-8(10)12-16/h15-16H,2-5H2,1H3,(H2,9,11)(H2,10,12). The average molecular weight is 231 g/mol. The Morgan fingerprint density at radius 3 is 1.75 bits per heavy atom. The van der Waals surface area contributed by atoms with Gasteiger partial charge in [-0.05, 0) is 0 Å². The summed E-state index contributed by atoms with van der Waals surface area (Å²) < 4.78 is 0. The molecule has 0 aromatic carbocycles. The van der Waals surface area contributed by atoms with E-state index in [1.165, 1.54) is 11.8 Å². The van der Waals surface area contributed by atoms with Crippen LogP contribution in [0.15, 0.2) is 10.3 Å². The van der Waals surface area contributed by atoms with Crippen molar-refractivity contribution < 1.29 is 15.2 Å². The zero-order valence-corrected chi connectivity index (χ0v) is 9.13. The Morgan fingerprint density at radius 1 is 1.12 bits per heavy atom. The molecule has 0 heterocycles. The molecule has 0 aromatic rings. The number of hydrogen-bond acceptors (Lipinski definition) is 5. The van der Waals surface area contributed by atoms with Gasteiger partial charge in [-0.2, -0.15) is 0 Å². The van der Waals surface area contributed by atoms with Crippen LogP contribution in [0.25, 0.3) is 0 Å². The third-order valence-corrected chi connectivity index (χ3v) is 1.98. The van der Waals surface area contributed by atoms with Gasteiger partial charge in [0.05, 0.1) is 0 Å². The molecule has 0 aliphatic carbocycles. The monoisotopic (exact) mass is 231 g/mol. The van der Waals surface area contributed by atoms with Gasteiger partial charge >= 0.3 is 0 Å². The Balaban J connectivity index is 4.13. The fourth-order valence-electron chi connectivity index (χ4n) is 1.03. The van der Waals surface area contributed by atoms with Crippen molar-refractivity contribution >= 4 is 17.6 Å². The molecular formula is C8H17N5O3. The predicted molar refractivity (Wildman–Crippen MR) is 58.3 cm³/mol. The molecule has 0 saturated carbocycles. The first kappa shape index (κ1) is 14.0. The second-order valence-electron chi connectivity index (χ2n) is 3.19. The number of nitrogens with two attached hydrogens (primary N) is 2. The van der Waals surface area contributed by atoms with Crippen LogP contribution < -0.4 is 11.5 Å². The highest BCUT2D eigenvalue weighted by Crippen LogP contribution is 1.96. The molecule has 1 amide bonds. The molecule has 0 aliphatic rings. The van der Waals surface area contributed by atoms with Crippen molar-refractivity contribution in [1.29, 1.82) is 0 Å². The lowest BCUT2D eigenvalue weighted by atomic mass is 10.3. The van der Waals surface area contributed by atoms with E-state index in [0.717, 1.165) is 0 Å². The topological polar surface area (TPSA) is 138 Å². The molecule has 8 heteroatoms. The lowest BCUT2D eigenvalue weighted by Crippen LogP contribution is -2.35. The first-order chi connectivity index (χ1) is 7.51. The third kappa shape index (κ3) is 5.68. The smallest absolute Gasteiger partial charge is 0.219 e. The van der Waals surface area contributed by atoms with Crippen molar-refractivity contribution in [2.24, 2.45) is 21.8 Å². The van der Waals surface area contributed by atoms with E-state index in [2.05, 4.69) is 10.3 Å². The van der Waals surface area contributed by atoms with Gasteiger partial charge in [0.15, 0.2) is 0 Å². The van der Waals surface area contributed by atoms with E-state index in [9.17, 15) is 4.79 Å². The SMILES string of the molecule is CC(=O)N(CC/C(N)=N/O)CC/C(N)=N\O. The summed E-state index contributed by atoms with van der Waals surface area (Å²) in [6.45, 7) is 2.05. The Morgan fingerprint density at radius 2 is 1.50 bits per heavy atom. The zero-order valence-electron chi connectivity index (χ0n) is 9.13. The summed E-state index contributed by atoms with van der Waals surface area (Å²) in [5.74, 6) is -0.0541. The number of carbonyl (C=O) groups excluding carboxylic acids is 1. The molecule has 0 bridgehead atoms. The highest BCUT2D eigenvalue weighted by molar-refractivity contribution is 5.82. The quantitative estimate of drug-likeness (QED) is 0.203. The Bertz CT molecular complexity index is 267. The average Bonchev–Trinajstić information content (AvgIpc) is 2.27. The molecule has 0 aromatic heterocycles. The molecular weight excluding hydrogens is 214 g/mol. The maximum Gasteiger partial charge on any atom is 0.219 e. The molecule has 0 radical (unpaired) electrons. The fraction of sp³-hybridized carbons (Fsp3) is 0.625. The van der Waals surface area contributed by atoms with Gasteiger partial charge in [-0.3, -0.25) is 4.79 Å². The second-order valence-corrected chi connectivity index (χ2v) is 3.19. The minimum atomic E-state index is -0.156. The number of rotatable bonds is 6. The van der Waals surface area contributed by atoms with Gasteiger partial charge in [-0.15, -0.1) is 0 Å². The summed E-state index contributed by atoms with van der Waals surface area (Å²) in [7, 11) is 0. The molecule has 0 spiro atoms. The maximum atomic E-state index is 11.2. The van der Waals surface area contributed by atoms with Gasteiger partial charge in [0, 0.05) is 32.9 Å². The van der Waals surface area contributed by atoms with Crippen molar-refractivity contribution in [3.05, 3.63) is 0 Å². The first-order valence-corrected chi connectivity index (χ1v) is 4.69. The minimum Gasteiger partial charge on any atom is -0.409 e. The van der Waals surface area contributed by atoms with Gasteiger partial charge in [0.2, 0.25) is 5.91 Å². The molecule has 0 saturated heterocycles. The van der Waals surface area contributed by atoms with Crippen molar-refractivity contribution in [3.8, 4) is 0 Å². The van der Waals surface area contributed by atoms with E-state index >= 15 is 0 Å². The summed E-state index contributed by atoms with van der Waals surface area (Å²) in [6, 6.07) is 0. The van der Waals surface area contributed by atoms with Gasteiger partial charge in [-0.25, -0.2) is 0 Å². The number of amidine groups is 2. The molecule has 8 nitrogen and oxygen atoms in total. The first-order valence-electron chi connectivity index (χ1n) is 4.69. The van der Waals surface area contributed by atoms with Gasteiger partial charge in [0.25, 0.3) is 0 Å². The van der Waals surface area contributed by atoms with E-state index in [1.54, 1.807) is 0 Å². The zero-order chi connectivity index (χ0) is 12.6. The molecule has 0 fully saturated rings. The molecule has 6 N–H and O–H groups in total. The summed E-state index contributed by atoms with van der Waals surface area (Å²) in [6.07, 6.45) is 0.540. The number of amides is 1. The highest BCUT2D eigenvalue weighted by Gasteiger charge is 2.09. The minimum absolute atomic E-state index is 0.0510. The van der Waals surface area contributed by atoms with Crippen LogP contribution in [0.1, 0.15) is 19.8 Å². The lowest BCUT2D eigenvalue weighted by molar-refractivity contribution is -0.128. The van der Waals surface area contributed by atoms with Crippen molar-refractivity contribution in [2.75, 3.05) is 13.1 Å². The largest absolute Gasteiger partial charge is 0.409 e. The van der Waals surface area contributed by atoms with Gasteiger partial charge < -0.3 is 26.8 Å². The summed E-state index contributed by atoms with van der Waals surface area (Å²) in [5, 5.41) is 22.3. The van der Waals surface area contributed by atoms with Crippen LogP contribution >= 0.6 is 0 Å². The second kappa shape index (κ2) is 7.32. The number of carbonyl (C=O) groups is 1. The summed E-state index contributed by atoms with van der Waals surface area (Å²) >= 11 is 0. The summed E-state index contributed by atoms with van der Waals surface area (Å²) in [5.41, 5.74) is 10.6. The van der Waals surface area contributed by atoms with Crippen molar-refractivity contribution in [3.63, 3.8) is 0 Å². The fourth-order valence-corrected chi connectivity index (χ4v) is 1.03. The normalized spacial score (nSPS) is 12.6. The van der Waals surface area contributed by atoms with E-state index in [-0.39, 0.29) is 30.4 Å². The Labute approximate surface area is 93.2 Å². The van der Waals surface area contributed by atoms with E-state index < -0.39 is 0 Å². The van der Waals surface area contributed by atoms with Crippen LogP contribution in [0.4, 0.5) is 0 Å². The van der Waals surface area contributed by atoms with Gasteiger partial charge in [0.1, 0.15) is 11.7 Å². The summed E-state index contributed by atoms with van der Waals surface area (Å²) in [4.78, 5) is 12.7. The number of nitrogens with zero attached hydrogens (tertiary/aromatic N) is 3. The van der Waals surface area contributed by atoms with Crippen LogP contribution in [0.3, 0.4) is 0 Å². The van der Waals surface area contributed by atoms with Crippen LogP contribution in [0.2, 0.25) is 0 Å². The van der Waals surface area contributed by atoms with Gasteiger partial charge in [-0.1, -0.05) is 10.3 Å².